The summed E-state index contributed by atoms with van der Waals surface area (Å²) in [6, 6.07) is 8.56. The first-order valence-corrected chi connectivity index (χ1v) is 10.9. The number of benzene rings is 1. The van der Waals surface area contributed by atoms with Gasteiger partial charge in [-0.05, 0) is 71.1 Å². The zero-order chi connectivity index (χ0) is 22.0. The Morgan fingerprint density at radius 3 is 2.81 bits per heavy atom. The van der Waals surface area contributed by atoms with Crippen molar-refractivity contribution in [2.75, 3.05) is 5.32 Å². The number of nitrogens with one attached hydrogen (secondary N) is 3. The molecule has 7 nitrogen and oxygen atoms in total. The second-order valence-corrected chi connectivity index (χ2v) is 9.32. The number of aromatic nitrogens is 3. The summed E-state index contributed by atoms with van der Waals surface area (Å²) in [5.74, 6) is 0.621. The summed E-state index contributed by atoms with van der Waals surface area (Å²) < 4.78 is 5.40. The third kappa shape index (κ3) is 5.16. The summed E-state index contributed by atoms with van der Waals surface area (Å²) in [6.45, 7) is 7.65. The van der Waals surface area contributed by atoms with Crippen LogP contribution in [0.15, 0.2) is 36.7 Å². The molecule has 1 aromatic carbocycles. The number of hydrogen-bond donors (Lipinski definition) is 3. The molecule has 4 rings (SSSR count). The van der Waals surface area contributed by atoms with Gasteiger partial charge in [-0.25, -0.2) is 14.8 Å². The van der Waals surface area contributed by atoms with Crippen molar-refractivity contribution in [1.82, 2.24) is 20.3 Å². The number of ether oxygens (including phenoxy) is 1. The molecule has 1 saturated carbocycles. The molecule has 1 aliphatic carbocycles. The Morgan fingerprint density at radius 1 is 1.19 bits per heavy atom. The van der Waals surface area contributed by atoms with Gasteiger partial charge < -0.3 is 20.4 Å². The van der Waals surface area contributed by atoms with E-state index >= 15 is 0 Å². The second kappa shape index (κ2) is 8.57. The van der Waals surface area contributed by atoms with Gasteiger partial charge in [0.1, 0.15) is 5.60 Å². The topological polar surface area (TPSA) is 91.9 Å². The Hall–Kier alpha value is -3.09. The smallest absolute Gasteiger partial charge is 0.407 e. The van der Waals surface area contributed by atoms with Crippen molar-refractivity contribution in [3.63, 3.8) is 0 Å². The number of fused-ring (bicyclic) bond motifs is 1. The number of H-pyrrole nitrogens is 1. The molecular weight excluding hydrogens is 390 g/mol. The summed E-state index contributed by atoms with van der Waals surface area (Å²) in [7, 11) is 0. The van der Waals surface area contributed by atoms with Gasteiger partial charge in [0.05, 0.1) is 5.69 Å². The maximum absolute atomic E-state index is 12.1. The van der Waals surface area contributed by atoms with Crippen LogP contribution in [0.4, 0.5) is 10.7 Å². The molecule has 3 N–H and O–H groups in total. The van der Waals surface area contributed by atoms with Crippen LogP contribution in [-0.2, 0) is 4.74 Å². The van der Waals surface area contributed by atoms with Gasteiger partial charge >= 0.3 is 6.09 Å². The number of carbonyl (C=O) groups is 1. The minimum Gasteiger partial charge on any atom is -0.444 e. The summed E-state index contributed by atoms with van der Waals surface area (Å²) in [5.41, 5.74) is 3.66. The van der Waals surface area contributed by atoms with E-state index in [4.69, 9.17) is 9.72 Å². The third-order valence-electron chi connectivity index (χ3n) is 5.55. The number of amides is 1. The van der Waals surface area contributed by atoms with Crippen LogP contribution in [0.25, 0.3) is 22.2 Å². The van der Waals surface area contributed by atoms with Crippen molar-refractivity contribution in [3.8, 4) is 11.3 Å². The molecule has 0 radical (unpaired) electrons. The molecule has 164 valence electrons. The molecule has 0 spiro atoms. The zero-order valence-corrected chi connectivity index (χ0v) is 18.7. The maximum Gasteiger partial charge on any atom is 0.407 e. The number of aromatic amines is 1. The Labute approximate surface area is 183 Å². The van der Waals surface area contributed by atoms with Crippen LogP contribution >= 0.6 is 0 Å². The van der Waals surface area contributed by atoms with Crippen molar-refractivity contribution < 1.29 is 9.53 Å². The van der Waals surface area contributed by atoms with E-state index in [0.717, 1.165) is 53.4 Å². The Balaban J connectivity index is 1.47. The lowest BCUT2D eigenvalue weighted by molar-refractivity contribution is 0.0492. The van der Waals surface area contributed by atoms with Gasteiger partial charge in [0, 0.05) is 40.9 Å². The molecular formula is C24H31N5O2. The van der Waals surface area contributed by atoms with Crippen LogP contribution in [0.5, 0.6) is 0 Å². The van der Waals surface area contributed by atoms with E-state index in [2.05, 4.69) is 38.8 Å². The molecule has 31 heavy (non-hydrogen) atoms. The highest BCUT2D eigenvalue weighted by Crippen LogP contribution is 2.30. The van der Waals surface area contributed by atoms with Crippen LogP contribution in [0.2, 0.25) is 0 Å². The average molecular weight is 422 g/mol. The highest BCUT2D eigenvalue weighted by atomic mass is 16.6. The van der Waals surface area contributed by atoms with E-state index in [1.165, 1.54) is 0 Å². The molecule has 1 aliphatic rings. The molecule has 0 bridgehead atoms. The molecule has 0 aliphatic heterocycles. The van der Waals surface area contributed by atoms with Crippen LogP contribution in [-0.4, -0.2) is 38.7 Å². The predicted molar refractivity (Wildman–Crippen MR) is 123 cm³/mol. The molecule has 2 unspecified atom stereocenters. The first-order valence-electron chi connectivity index (χ1n) is 10.9. The third-order valence-corrected chi connectivity index (χ3v) is 5.55. The number of rotatable bonds is 4. The lowest BCUT2D eigenvalue weighted by Gasteiger charge is -2.31. The fraction of sp³-hybridized carbons (Fsp3) is 0.458. The Kier molecular flexibility index (Phi) is 5.85. The van der Waals surface area contributed by atoms with Crippen LogP contribution < -0.4 is 10.6 Å². The summed E-state index contributed by atoms with van der Waals surface area (Å²) in [6.07, 6.45) is 7.28. The summed E-state index contributed by atoms with van der Waals surface area (Å²) in [4.78, 5) is 24.8. The lowest BCUT2D eigenvalue weighted by atomic mass is 9.91. The average Bonchev–Trinajstić information content (AvgIpc) is 3.17. The van der Waals surface area contributed by atoms with E-state index in [0.29, 0.717) is 5.95 Å². The van der Waals surface area contributed by atoms with Crippen LogP contribution in [0.1, 0.15) is 52.0 Å². The fourth-order valence-electron chi connectivity index (χ4n) is 4.18. The highest BCUT2D eigenvalue weighted by molar-refractivity contribution is 5.94. The SMILES string of the molecule is Cc1cnc(NC2CCCC(NC(=O)OC(C)(C)C)C2)nc1-c1cccc2[nH]ccc12. The van der Waals surface area contributed by atoms with Crippen LogP contribution in [0.3, 0.4) is 0 Å². The predicted octanol–water partition coefficient (Wildman–Crippen LogP) is 5.18. The van der Waals surface area contributed by atoms with E-state index in [1.807, 2.05) is 46.2 Å². The summed E-state index contributed by atoms with van der Waals surface area (Å²) in [5, 5.41) is 7.65. The largest absolute Gasteiger partial charge is 0.444 e. The minimum absolute atomic E-state index is 0.0830. The van der Waals surface area contributed by atoms with Gasteiger partial charge in [-0.15, -0.1) is 0 Å². The van der Waals surface area contributed by atoms with E-state index < -0.39 is 5.60 Å². The molecule has 3 aromatic rings. The van der Waals surface area contributed by atoms with Gasteiger partial charge in [0.25, 0.3) is 0 Å². The highest BCUT2D eigenvalue weighted by Gasteiger charge is 2.26. The van der Waals surface area contributed by atoms with Crippen molar-refractivity contribution >= 4 is 22.9 Å². The van der Waals surface area contributed by atoms with Crippen molar-refractivity contribution in [2.45, 2.75) is 71.1 Å². The quantitative estimate of drug-likeness (QED) is 0.540. The first-order chi connectivity index (χ1) is 14.8. The molecule has 2 atom stereocenters. The Morgan fingerprint density at radius 2 is 2.00 bits per heavy atom. The number of carbonyl (C=O) groups excluding carboxylic acids is 1. The molecule has 0 saturated heterocycles. The zero-order valence-electron chi connectivity index (χ0n) is 18.7. The fourth-order valence-corrected chi connectivity index (χ4v) is 4.18. The summed E-state index contributed by atoms with van der Waals surface area (Å²) >= 11 is 0. The van der Waals surface area contributed by atoms with Gasteiger partial charge in [0.15, 0.2) is 0 Å². The van der Waals surface area contributed by atoms with E-state index in [1.54, 1.807) is 0 Å². The molecule has 2 heterocycles. The normalized spacial score (nSPS) is 19.2. The van der Waals surface area contributed by atoms with E-state index in [9.17, 15) is 4.79 Å². The van der Waals surface area contributed by atoms with Gasteiger partial charge in [-0.2, -0.15) is 0 Å². The standard InChI is InChI=1S/C24H31N5O2/c1-15-14-26-22(29-21(15)19-9-6-10-20-18(19)11-12-25-20)27-16-7-5-8-17(13-16)28-23(30)31-24(2,3)4/h6,9-12,14,16-17,25H,5,7-8,13H2,1-4H3,(H,28,30)(H,26,27,29). The molecule has 2 aromatic heterocycles. The lowest BCUT2D eigenvalue weighted by Crippen LogP contribution is -2.44. The van der Waals surface area contributed by atoms with Gasteiger partial charge in [-0.3, -0.25) is 0 Å². The van der Waals surface area contributed by atoms with Crippen molar-refractivity contribution in [2.24, 2.45) is 0 Å². The first kappa shape index (κ1) is 21.2. The monoisotopic (exact) mass is 421 g/mol. The molecule has 1 amide bonds. The van der Waals surface area contributed by atoms with Crippen molar-refractivity contribution in [1.29, 1.82) is 0 Å². The number of hydrogen-bond acceptors (Lipinski definition) is 5. The maximum atomic E-state index is 12.1. The second-order valence-electron chi connectivity index (χ2n) is 9.32. The molecule has 7 heteroatoms. The van der Waals surface area contributed by atoms with E-state index in [-0.39, 0.29) is 18.2 Å². The number of nitrogens with zero attached hydrogens (tertiary/aromatic N) is 2. The van der Waals surface area contributed by atoms with Gasteiger partial charge in [0.2, 0.25) is 5.95 Å². The molecule has 1 fully saturated rings. The van der Waals surface area contributed by atoms with Gasteiger partial charge in [-0.1, -0.05) is 12.1 Å². The van der Waals surface area contributed by atoms with Crippen LogP contribution in [0, 0.1) is 6.92 Å². The Bertz CT molecular complexity index is 1070. The number of alkyl carbamates (subject to hydrolysis) is 1. The number of aryl methyl sites for hydroxylation is 1. The minimum atomic E-state index is -0.495. The van der Waals surface area contributed by atoms with Crippen molar-refractivity contribution in [3.05, 3.63) is 42.2 Å². The number of anilines is 1.